The molecule has 0 radical (unpaired) electrons. The molecule has 2 rings (SSSR count). The lowest BCUT2D eigenvalue weighted by molar-refractivity contribution is -0.150. The van der Waals surface area contributed by atoms with Crippen LogP contribution in [-0.4, -0.2) is 56.5 Å². The van der Waals surface area contributed by atoms with Crippen molar-refractivity contribution in [3.05, 3.63) is 24.3 Å². The van der Waals surface area contributed by atoms with Crippen molar-refractivity contribution in [2.24, 2.45) is 11.1 Å². The van der Waals surface area contributed by atoms with Crippen molar-refractivity contribution in [3.63, 3.8) is 0 Å². The van der Waals surface area contributed by atoms with Crippen LogP contribution in [0.3, 0.4) is 0 Å². The van der Waals surface area contributed by atoms with Gasteiger partial charge in [-0.3, -0.25) is 9.59 Å². The van der Waals surface area contributed by atoms with Crippen LogP contribution in [0, 0.1) is 5.92 Å². The van der Waals surface area contributed by atoms with Gasteiger partial charge in [0.15, 0.2) is 0 Å². The number of carbonyl (C=O) groups excluding carboxylic acids is 1. The molecule has 1 aromatic carbocycles. The Morgan fingerprint density at radius 3 is 2.09 bits per heavy atom. The van der Waals surface area contributed by atoms with Gasteiger partial charge in [0.1, 0.15) is 5.92 Å². The highest BCUT2D eigenvalue weighted by atomic mass is 32.2. The van der Waals surface area contributed by atoms with E-state index in [4.69, 9.17) is 10.2 Å². The van der Waals surface area contributed by atoms with Gasteiger partial charge in [-0.1, -0.05) is 0 Å². The summed E-state index contributed by atoms with van der Waals surface area (Å²) in [5, 5.41) is 13.9. The van der Waals surface area contributed by atoms with E-state index in [0.717, 1.165) is 5.69 Å². The van der Waals surface area contributed by atoms with Crippen LogP contribution in [0.5, 0.6) is 0 Å². The third kappa shape index (κ3) is 3.99. The molecule has 8 nitrogen and oxygen atoms in total. The molecule has 1 atom stereocenters. The fourth-order valence-electron chi connectivity index (χ4n) is 2.41. The number of anilines is 1. The van der Waals surface area contributed by atoms with Gasteiger partial charge in [-0.15, -0.1) is 0 Å². The molecule has 1 amide bonds. The lowest BCUT2D eigenvalue weighted by Gasteiger charge is -2.36. The first-order valence-electron chi connectivity index (χ1n) is 7.09. The molecule has 1 fully saturated rings. The molecule has 126 valence electrons. The zero-order chi connectivity index (χ0) is 17.2. The molecule has 1 aliphatic rings. The van der Waals surface area contributed by atoms with Crippen LogP contribution in [0.4, 0.5) is 5.69 Å². The number of hydrogen-bond donors (Lipinski definition) is 2. The topological polar surface area (TPSA) is 121 Å². The first kappa shape index (κ1) is 17.2. The lowest BCUT2D eigenvalue weighted by Crippen LogP contribution is -2.51. The van der Waals surface area contributed by atoms with E-state index in [9.17, 15) is 18.0 Å². The quantitative estimate of drug-likeness (QED) is 0.726. The molecule has 0 aliphatic carbocycles. The predicted molar refractivity (Wildman–Crippen MR) is 83.4 cm³/mol. The molecule has 9 heteroatoms. The van der Waals surface area contributed by atoms with E-state index < -0.39 is 21.9 Å². The normalized spacial score (nSPS) is 17.0. The summed E-state index contributed by atoms with van der Waals surface area (Å²) in [5.41, 5.74) is 0.829. The summed E-state index contributed by atoms with van der Waals surface area (Å²) in [6, 6.07) is 6.21. The highest BCUT2D eigenvalue weighted by Crippen LogP contribution is 2.19. The van der Waals surface area contributed by atoms with E-state index in [1.807, 2.05) is 4.90 Å². The summed E-state index contributed by atoms with van der Waals surface area (Å²) in [7, 11) is -3.72. The van der Waals surface area contributed by atoms with E-state index in [-0.39, 0.29) is 10.8 Å². The Bertz CT molecular complexity index is 694. The van der Waals surface area contributed by atoms with E-state index >= 15 is 0 Å². The standard InChI is InChI=1S/C14H19N3O5S/c1-10(14(19)20)13(18)17-8-6-16(7-9-17)11-2-4-12(5-3-11)23(15,21)22/h2-5,10H,6-9H2,1H3,(H,19,20)(H2,15,21,22). The van der Waals surface area contributed by atoms with Crippen molar-refractivity contribution < 1.29 is 23.1 Å². The number of rotatable bonds is 4. The monoisotopic (exact) mass is 341 g/mol. The second-order valence-electron chi connectivity index (χ2n) is 5.41. The van der Waals surface area contributed by atoms with Crippen molar-refractivity contribution in [2.75, 3.05) is 31.1 Å². The zero-order valence-electron chi connectivity index (χ0n) is 12.7. The molecule has 1 saturated heterocycles. The summed E-state index contributed by atoms with van der Waals surface area (Å²) in [4.78, 5) is 26.4. The van der Waals surface area contributed by atoms with Crippen molar-refractivity contribution in [2.45, 2.75) is 11.8 Å². The molecule has 0 saturated carbocycles. The Labute approximate surface area is 134 Å². The number of nitrogens with two attached hydrogens (primary N) is 1. The number of carboxylic acids is 1. The second kappa shape index (κ2) is 6.55. The smallest absolute Gasteiger partial charge is 0.315 e. The van der Waals surface area contributed by atoms with Crippen molar-refractivity contribution in [1.82, 2.24) is 4.90 Å². The molecule has 0 aromatic heterocycles. The minimum absolute atomic E-state index is 0.0466. The molecule has 0 spiro atoms. The number of primary sulfonamides is 1. The molecule has 1 unspecified atom stereocenters. The Morgan fingerprint density at radius 2 is 1.65 bits per heavy atom. The van der Waals surface area contributed by atoms with E-state index in [1.165, 1.54) is 24.0 Å². The van der Waals surface area contributed by atoms with Gasteiger partial charge in [0.2, 0.25) is 15.9 Å². The van der Waals surface area contributed by atoms with Crippen LogP contribution in [0.15, 0.2) is 29.2 Å². The van der Waals surface area contributed by atoms with Crippen molar-refractivity contribution in [3.8, 4) is 0 Å². The predicted octanol–water partition coefficient (Wildman–Crippen LogP) is -0.297. The number of carbonyl (C=O) groups is 2. The van der Waals surface area contributed by atoms with Gasteiger partial charge in [0, 0.05) is 31.9 Å². The molecule has 0 bridgehead atoms. The summed E-state index contributed by atoms with van der Waals surface area (Å²) in [6.45, 7) is 3.32. The second-order valence-corrected chi connectivity index (χ2v) is 6.97. The number of carboxylic acid groups (broad SMARTS) is 1. The Balaban J connectivity index is 1.99. The number of benzene rings is 1. The van der Waals surface area contributed by atoms with Gasteiger partial charge in [0.05, 0.1) is 4.90 Å². The highest BCUT2D eigenvalue weighted by Gasteiger charge is 2.28. The van der Waals surface area contributed by atoms with Gasteiger partial charge in [-0.2, -0.15) is 0 Å². The number of sulfonamides is 1. The van der Waals surface area contributed by atoms with Crippen LogP contribution < -0.4 is 10.0 Å². The summed E-state index contributed by atoms with van der Waals surface area (Å²) in [5.74, 6) is -2.56. The lowest BCUT2D eigenvalue weighted by atomic mass is 10.1. The maximum absolute atomic E-state index is 12.0. The summed E-state index contributed by atoms with van der Waals surface area (Å²) >= 11 is 0. The van der Waals surface area contributed by atoms with Crippen LogP contribution in [0.2, 0.25) is 0 Å². The number of piperazine rings is 1. The van der Waals surface area contributed by atoms with Crippen LogP contribution in [0.1, 0.15) is 6.92 Å². The Morgan fingerprint density at radius 1 is 1.13 bits per heavy atom. The summed E-state index contributed by atoms with van der Waals surface area (Å²) in [6.07, 6.45) is 0. The highest BCUT2D eigenvalue weighted by molar-refractivity contribution is 7.89. The third-order valence-corrected chi connectivity index (χ3v) is 4.79. The largest absolute Gasteiger partial charge is 0.481 e. The maximum atomic E-state index is 12.0. The molecular weight excluding hydrogens is 322 g/mol. The molecule has 1 heterocycles. The number of nitrogens with zero attached hydrogens (tertiary/aromatic N) is 2. The van der Waals surface area contributed by atoms with Crippen LogP contribution in [0.25, 0.3) is 0 Å². The van der Waals surface area contributed by atoms with E-state index in [0.29, 0.717) is 26.2 Å². The fraction of sp³-hybridized carbons (Fsp3) is 0.429. The first-order valence-corrected chi connectivity index (χ1v) is 8.64. The van der Waals surface area contributed by atoms with Crippen LogP contribution in [-0.2, 0) is 19.6 Å². The van der Waals surface area contributed by atoms with Crippen LogP contribution >= 0.6 is 0 Å². The molecule has 1 aliphatic heterocycles. The first-order chi connectivity index (χ1) is 10.7. The zero-order valence-corrected chi connectivity index (χ0v) is 13.5. The minimum atomic E-state index is -3.72. The molecule has 1 aromatic rings. The van der Waals surface area contributed by atoms with Gasteiger partial charge >= 0.3 is 5.97 Å². The molecule has 3 N–H and O–H groups in total. The maximum Gasteiger partial charge on any atom is 0.315 e. The Hall–Kier alpha value is -2.13. The average Bonchev–Trinajstić information content (AvgIpc) is 2.53. The van der Waals surface area contributed by atoms with Crippen molar-refractivity contribution >= 4 is 27.6 Å². The van der Waals surface area contributed by atoms with Gasteiger partial charge in [-0.25, -0.2) is 13.6 Å². The number of amides is 1. The average molecular weight is 341 g/mol. The van der Waals surface area contributed by atoms with E-state index in [1.54, 1.807) is 12.1 Å². The van der Waals surface area contributed by atoms with Gasteiger partial charge in [0.25, 0.3) is 0 Å². The number of hydrogen-bond acceptors (Lipinski definition) is 5. The summed E-state index contributed by atoms with van der Waals surface area (Å²) < 4.78 is 22.5. The van der Waals surface area contributed by atoms with Crippen molar-refractivity contribution in [1.29, 1.82) is 0 Å². The SMILES string of the molecule is CC(C(=O)O)C(=O)N1CCN(c2ccc(S(N)(=O)=O)cc2)CC1. The van der Waals surface area contributed by atoms with Gasteiger partial charge < -0.3 is 14.9 Å². The molecular formula is C14H19N3O5S. The van der Waals surface area contributed by atoms with Gasteiger partial charge in [-0.05, 0) is 31.2 Å². The fourth-order valence-corrected chi connectivity index (χ4v) is 2.93. The minimum Gasteiger partial charge on any atom is -0.481 e. The number of aliphatic carboxylic acids is 1. The third-order valence-electron chi connectivity index (χ3n) is 3.86. The Kier molecular flexibility index (Phi) is 4.90. The molecule has 23 heavy (non-hydrogen) atoms. The van der Waals surface area contributed by atoms with E-state index in [2.05, 4.69) is 0 Å².